The van der Waals surface area contributed by atoms with Crippen LogP contribution in [0.3, 0.4) is 0 Å². The van der Waals surface area contributed by atoms with E-state index >= 15 is 0 Å². The number of carboxylic acid groups (broad SMARTS) is 1. The quantitative estimate of drug-likeness (QED) is 0.412. The van der Waals surface area contributed by atoms with E-state index in [1.165, 1.54) is 5.39 Å². The minimum absolute atomic E-state index is 0.401. The molecule has 4 nitrogen and oxygen atoms in total. The fourth-order valence-electron chi connectivity index (χ4n) is 3.48. The number of methoxy groups -OCH3 is 1. The molecule has 0 saturated heterocycles. The zero-order valence-corrected chi connectivity index (χ0v) is 16.6. The first-order valence-electron chi connectivity index (χ1n) is 9.75. The Balaban J connectivity index is 1.47. The van der Waals surface area contributed by atoms with E-state index in [1.807, 2.05) is 54.6 Å². The summed E-state index contributed by atoms with van der Waals surface area (Å²) in [5, 5.41) is 12.0. The molecular formula is C26H22O4. The summed E-state index contributed by atoms with van der Waals surface area (Å²) in [5.41, 5.74) is 1.68. The van der Waals surface area contributed by atoms with Gasteiger partial charge in [-0.25, -0.2) is 0 Å². The Kier molecular flexibility index (Phi) is 5.66. The van der Waals surface area contributed by atoms with E-state index in [-0.39, 0.29) is 0 Å². The van der Waals surface area contributed by atoms with Crippen molar-refractivity contribution in [2.45, 2.75) is 12.3 Å². The molecule has 30 heavy (non-hydrogen) atoms. The fraction of sp³-hybridized carbons (Fsp3) is 0.115. The van der Waals surface area contributed by atoms with E-state index in [0.29, 0.717) is 17.9 Å². The Morgan fingerprint density at radius 2 is 1.43 bits per heavy atom. The highest BCUT2D eigenvalue weighted by Crippen LogP contribution is 2.28. The second kappa shape index (κ2) is 8.70. The number of rotatable bonds is 7. The number of hydrogen-bond donors (Lipinski definition) is 1. The van der Waals surface area contributed by atoms with E-state index in [2.05, 4.69) is 12.1 Å². The van der Waals surface area contributed by atoms with Crippen LogP contribution in [-0.2, 0) is 11.2 Å². The van der Waals surface area contributed by atoms with Crippen LogP contribution in [0.2, 0.25) is 0 Å². The molecule has 0 radical (unpaired) electrons. The first-order valence-corrected chi connectivity index (χ1v) is 9.75. The van der Waals surface area contributed by atoms with Crippen LogP contribution in [-0.4, -0.2) is 18.2 Å². The number of aliphatic carboxylic acids is 1. The maximum atomic E-state index is 11.8. The highest BCUT2D eigenvalue weighted by atomic mass is 16.5. The Morgan fingerprint density at radius 3 is 2.10 bits per heavy atom. The lowest BCUT2D eigenvalue weighted by atomic mass is 9.92. The Labute approximate surface area is 175 Å². The molecule has 150 valence electrons. The van der Waals surface area contributed by atoms with Crippen molar-refractivity contribution in [3.05, 3.63) is 102 Å². The molecule has 0 aliphatic carbocycles. The van der Waals surface area contributed by atoms with Gasteiger partial charge in [0, 0.05) is 0 Å². The molecule has 0 aromatic heterocycles. The SMILES string of the molecule is COc1ccc(C(Cc2ccc(Oc3ccc4ccccc4c3)cc2)C(=O)O)cc1. The van der Waals surface area contributed by atoms with Gasteiger partial charge in [0.2, 0.25) is 0 Å². The minimum Gasteiger partial charge on any atom is -0.497 e. The molecule has 4 heteroatoms. The van der Waals surface area contributed by atoms with Crippen molar-refractivity contribution in [3.8, 4) is 17.2 Å². The third-order valence-electron chi connectivity index (χ3n) is 5.14. The predicted molar refractivity (Wildman–Crippen MR) is 118 cm³/mol. The van der Waals surface area contributed by atoms with Crippen LogP contribution in [0, 0.1) is 0 Å². The number of benzene rings is 4. The van der Waals surface area contributed by atoms with Crippen molar-refractivity contribution < 1.29 is 19.4 Å². The molecule has 4 aromatic rings. The molecule has 0 aliphatic heterocycles. The topological polar surface area (TPSA) is 55.8 Å². The zero-order valence-electron chi connectivity index (χ0n) is 16.6. The van der Waals surface area contributed by atoms with E-state index in [1.54, 1.807) is 31.4 Å². The van der Waals surface area contributed by atoms with Crippen LogP contribution in [0.25, 0.3) is 10.8 Å². The van der Waals surface area contributed by atoms with Gasteiger partial charge < -0.3 is 14.6 Å². The number of ether oxygens (including phenoxy) is 2. The maximum absolute atomic E-state index is 11.8. The van der Waals surface area contributed by atoms with Crippen LogP contribution in [0.4, 0.5) is 0 Å². The fourth-order valence-corrected chi connectivity index (χ4v) is 3.48. The normalized spacial score (nSPS) is 11.8. The summed E-state index contributed by atoms with van der Waals surface area (Å²) in [6, 6.07) is 28.9. The Hall–Kier alpha value is -3.79. The molecule has 1 N–H and O–H groups in total. The smallest absolute Gasteiger partial charge is 0.311 e. The highest BCUT2D eigenvalue weighted by Gasteiger charge is 2.20. The number of carbonyl (C=O) groups is 1. The zero-order chi connectivity index (χ0) is 20.9. The van der Waals surface area contributed by atoms with Gasteiger partial charge in [0.05, 0.1) is 13.0 Å². The summed E-state index contributed by atoms with van der Waals surface area (Å²) in [5.74, 6) is 0.714. The van der Waals surface area contributed by atoms with Crippen molar-refractivity contribution >= 4 is 16.7 Å². The summed E-state index contributed by atoms with van der Waals surface area (Å²) in [4.78, 5) is 11.8. The second-order valence-corrected chi connectivity index (χ2v) is 7.12. The van der Waals surface area contributed by atoms with Gasteiger partial charge >= 0.3 is 5.97 Å². The third kappa shape index (κ3) is 4.44. The van der Waals surface area contributed by atoms with Gasteiger partial charge in [-0.05, 0) is 64.7 Å². The molecule has 0 aliphatic rings. The predicted octanol–water partition coefficient (Wildman–Crippen LogP) is 6.05. The van der Waals surface area contributed by atoms with E-state index < -0.39 is 11.9 Å². The maximum Gasteiger partial charge on any atom is 0.311 e. The monoisotopic (exact) mass is 398 g/mol. The molecule has 1 unspecified atom stereocenters. The van der Waals surface area contributed by atoms with Gasteiger partial charge in [0.25, 0.3) is 0 Å². The molecule has 0 spiro atoms. The van der Waals surface area contributed by atoms with Crippen LogP contribution in [0.15, 0.2) is 91.0 Å². The van der Waals surface area contributed by atoms with Crippen molar-refractivity contribution in [1.82, 2.24) is 0 Å². The second-order valence-electron chi connectivity index (χ2n) is 7.12. The van der Waals surface area contributed by atoms with Gasteiger partial charge in [0.1, 0.15) is 17.2 Å². The van der Waals surface area contributed by atoms with Gasteiger partial charge in [-0.2, -0.15) is 0 Å². The molecule has 4 rings (SSSR count). The average Bonchev–Trinajstić information content (AvgIpc) is 2.78. The van der Waals surface area contributed by atoms with Crippen molar-refractivity contribution in [1.29, 1.82) is 0 Å². The first-order chi connectivity index (χ1) is 14.6. The van der Waals surface area contributed by atoms with Crippen molar-refractivity contribution in [2.75, 3.05) is 7.11 Å². The summed E-state index contributed by atoms with van der Waals surface area (Å²) >= 11 is 0. The summed E-state index contributed by atoms with van der Waals surface area (Å²) in [6.45, 7) is 0. The van der Waals surface area contributed by atoms with Gasteiger partial charge in [-0.1, -0.05) is 54.6 Å². The lowest BCUT2D eigenvalue weighted by molar-refractivity contribution is -0.138. The van der Waals surface area contributed by atoms with Gasteiger partial charge in [0.15, 0.2) is 0 Å². The molecule has 4 aromatic carbocycles. The standard InChI is InChI=1S/C26H22O4/c1-29-22-13-9-20(10-14-22)25(26(27)28)16-18-6-11-23(12-7-18)30-24-15-8-19-4-2-3-5-21(19)17-24/h2-15,17,25H,16H2,1H3,(H,27,28). The molecule has 0 heterocycles. The van der Waals surface area contributed by atoms with Gasteiger partial charge in [-0.3, -0.25) is 4.79 Å². The average molecular weight is 398 g/mol. The van der Waals surface area contributed by atoms with E-state index in [4.69, 9.17) is 9.47 Å². The summed E-state index contributed by atoms with van der Waals surface area (Å²) < 4.78 is 11.1. The number of carboxylic acids is 1. The van der Waals surface area contributed by atoms with Crippen molar-refractivity contribution in [3.63, 3.8) is 0 Å². The Bertz CT molecular complexity index is 1150. The van der Waals surface area contributed by atoms with Crippen LogP contribution >= 0.6 is 0 Å². The first kappa shape index (κ1) is 19.5. The lowest BCUT2D eigenvalue weighted by Crippen LogP contribution is -2.14. The molecule has 0 amide bonds. The van der Waals surface area contributed by atoms with Crippen LogP contribution in [0.1, 0.15) is 17.0 Å². The summed E-state index contributed by atoms with van der Waals surface area (Å²) in [7, 11) is 1.59. The van der Waals surface area contributed by atoms with E-state index in [9.17, 15) is 9.90 Å². The number of hydrogen-bond acceptors (Lipinski definition) is 3. The summed E-state index contributed by atoms with van der Waals surface area (Å²) in [6.07, 6.45) is 0.401. The highest BCUT2D eigenvalue weighted by molar-refractivity contribution is 5.83. The molecule has 1 atom stereocenters. The van der Waals surface area contributed by atoms with Crippen molar-refractivity contribution in [2.24, 2.45) is 0 Å². The molecule has 0 saturated carbocycles. The largest absolute Gasteiger partial charge is 0.497 e. The molecule has 0 bridgehead atoms. The third-order valence-corrected chi connectivity index (χ3v) is 5.14. The van der Waals surface area contributed by atoms with Crippen LogP contribution in [0.5, 0.6) is 17.2 Å². The van der Waals surface area contributed by atoms with Crippen LogP contribution < -0.4 is 9.47 Å². The molecule has 0 fully saturated rings. The minimum atomic E-state index is -0.850. The number of fused-ring (bicyclic) bond motifs is 1. The lowest BCUT2D eigenvalue weighted by Gasteiger charge is -2.14. The van der Waals surface area contributed by atoms with Gasteiger partial charge in [-0.15, -0.1) is 0 Å². The molecular weight excluding hydrogens is 376 g/mol. The Morgan fingerprint density at radius 1 is 0.800 bits per heavy atom. The van der Waals surface area contributed by atoms with E-state index in [0.717, 1.165) is 22.3 Å².